The second-order valence-electron chi connectivity index (χ2n) is 4.42. The molecule has 2 rings (SSSR count). The fourth-order valence-electron chi connectivity index (χ4n) is 1.81. The molecule has 0 bridgehead atoms. The van der Waals surface area contributed by atoms with Crippen LogP contribution in [0.5, 0.6) is 0 Å². The van der Waals surface area contributed by atoms with Crippen molar-refractivity contribution in [2.24, 2.45) is 0 Å². The Morgan fingerprint density at radius 3 is 2.33 bits per heavy atom. The van der Waals surface area contributed by atoms with Crippen LogP contribution in [0, 0.1) is 17.5 Å². The van der Waals surface area contributed by atoms with E-state index in [0.29, 0.717) is 12.5 Å². The van der Waals surface area contributed by atoms with Crippen LogP contribution in [0.2, 0.25) is 0 Å². The first-order chi connectivity index (χ1) is 10.0. The Balaban J connectivity index is 1.82. The number of hydrogen-bond acceptors (Lipinski definition) is 1. The van der Waals surface area contributed by atoms with Crippen LogP contribution < -0.4 is 10.6 Å². The first-order valence-corrected chi connectivity index (χ1v) is 6.28. The highest BCUT2D eigenvalue weighted by atomic mass is 19.1. The molecule has 0 fully saturated rings. The highest BCUT2D eigenvalue weighted by Crippen LogP contribution is 2.12. The van der Waals surface area contributed by atoms with Crippen molar-refractivity contribution in [3.05, 3.63) is 65.5 Å². The average Bonchev–Trinajstić information content (AvgIpc) is 2.37. The van der Waals surface area contributed by atoms with Crippen molar-refractivity contribution < 1.29 is 18.0 Å². The van der Waals surface area contributed by atoms with E-state index in [4.69, 9.17) is 0 Å². The van der Waals surface area contributed by atoms with Crippen LogP contribution in [0.15, 0.2) is 42.5 Å². The molecular formula is C15H13F3N2O. The number of urea groups is 1. The minimum absolute atomic E-state index is 0.0238. The second kappa shape index (κ2) is 6.78. The van der Waals surface area contributed by atoms with E-state index in [9.17, 15) is 18.0 Å². The van der Waals surface area contributed by atoms with Gasteiger partial charge in [-0.15, -0.1) is 0 Å². The molecule has 0 aliphatic carbocycles. The van der Waals surface area contributed by atoms with E-state index in [0.717, 1.165) is 17.7 Å². The Morgan fingerprint density at radius 2 is 1.67 bits per heavy atom. The van der Waals surface area contributed by atoms with Crippen molar-refractivity contribution in [1.29, 1.82) is 0 Å². The van der Waals surface area contributed by atoms with Gasteiger partial charge in [-0.3, -0.25) is 0 Å². The molecular weight excluding hydrogens is 281 g/mol. The summed E-state index contributed by atoms with van der Waals surface area (Å²) in [6, 6.07) is 8.18. The third kappa shape index (κ3) is 4.83. The summed E-state index contributed by atoms with van der Waals surface area (Å²) in [7, 11) is 0. The molecule has 0 aliphatic heterocycles. The van der Waals surface area contributed by atoms with Crippen molar-refractivity contribution in [2.75, 3.05) is 11.9 Å². The van der Waals surface area contributed by atoms with Crippen LogP contribution in [0.25, 0.3) is 0 Å². The SMILES string of the molecule is O=C(NCCc1cccc(F)c1)Nc1cc(F)cc(F)c1. The maximum absolute atomic E-state index is 12.9. The number of carbonyl (C=O) groups is 1. The molecule has 0 atom stereocenters. The molecule has 2 N–H and O–H groups in total. The Morgan fingerprint density at radius 1 is 0.952 bits per heavy atom. The van der Waals surface area contributed by atoms with Gasteiger partial charge in [-0.25, -0.2) is 18.0 Å². The molecule has 2 aromatic carbocycles. The van der Waals surface area contributed by atoms with Gasteiger partial charge in [0.05, 0.1) is 0 Å². The molecule has 110 valence electrons. The summed E-state index contributed by atoms with van der Waals surface area (Å²) >= 11 is 0. The fourth-order valence-corrected chi connectivity index (χ4v) is 1.81. The zero-order valence-corrected chi connectivity index (χ0v) is 11.0. The van der Waals surface area contributed by atoms with Crippen molar-refractivity contribution in [3.63, 3.8) is 0 Å². The minimum Gasteiger partial charge on any atom is -0.338 e. The van der Waals surface area contributed by atoms with E-state index in [1.54, 1.807) is 12.1 Å². The van der Waals surface area contributed by atoms with Gasteiger partial charge in [0.1, 0.15) is 17.5 Å². The average molecular weight is 294 g/mol. The summed E-state index contributed by atoms with van der Waals surface area (Å²) < 4.78 is 38.8. The number of nitrogens with one attached hydrogen (secondary N) is 2. The van der Waals surface area contributed by atoms with Gasteiger partial charge in [-0.2, -0.15) is 0 Å². The van der Waals surface area contributed by atoms with Gasteiger partial charge >= 0.3 is 6.03 Å². The molecule has 21 heavy (non-hydrogen) atoms. The molecule has 6 heteroatoms. The predicted molar refractivity (Wildman–Crippen MR) is 73.5 cm³/mol. The van der Waals surface area contributed by atoms with Gasteiger partial charge in [0, 0.05) is 18.3 Å². The first kappa shape index (κ1) is 14.9. The standard InChI is InChI=1S/C15H13F3N2O/c16-11-3-1-2-10(6-11)4-5-19-15(21)20-14-8-12(17)7-13(18)9-14/h1-3,6-9H,4-5H2,(H2,19,20,21). The molecule has 0 aromatic heterocycles. The molecule has 2 aromatic rings. The second-order valence-corrected chi connectivity index (χ2v) is 4.42. The number of benzene rings is 2. The summed E-state index contributed by atoms with van der Waals surface area (Å²) in [6.45, 7) is 0.271. The first-order valence-electron chi connectivity index (χ1n) is 6.28. The van der Waals surface area contributed by atoms with Gasteiger partial charge in [-0.05, 0) is 36.2 Å². The van der Waals surface area contributed by atoms with E-state index in [1.165, 1.54) is 12.1 Å². The van der Waals surface area contributed by atoms with E-state index >= 15 is 0 Å². The Labute approximate surface area is 119 Å². The third-order valence-corrected chi connectivity index (χ3v) is 2.71. The lowest BCUT2D eigenvalue weighted by Gasteiger charge is -2.08. The smallest absolute Gasteiger partial charge is 0.319 e. The van der Waals surface area contributed by atoms with Crippen molar-refractivity contribution in [2.45, 2.75) is 6.42 Å². The lowest BCUT2D eigenvalue weighted by molar-refractivity contribution is 0.252. The van der Waals surface area contributed by atoms with Gasteiger partial charge < -0.3 is 10.6 Å². The quantitative estimate of drug-likeness (QED) is 0.890. The van der Waals surface area contributed by atoms with Crippen LogP contribution in [-0.4, -0.2) is 12.6 Å². The zero-order valence-electron chi connectivity index (χ0n) is 11.0. The molecule has 0 radical (unpaired) electrons. The number of carbonyl (C=O) groups excluding carboxylic acids is 1. The topological polar surface area (TPSA) is 41.1 Å². The molecule has 0 saturated carbocycles. The summed E-state index contributed by atoms with van der Waals surface area (Å²) in [4.78, 5) is 11.6. The summed E-state index contributed by atoms with van der Waals surface area (Å²) in [6.07, 6.45) is 0.447. The monoisotopic (exact) mass is 294 g/mol. The van der Waals surface area contributed by atoms with Crippen LogP contribution in [-0.2, 0) is 6.42 Å². The van der Waals surface area contributed by atoms with E-state index in [2.05, 4.69) is 10.6 Å². The van der Waals surface area contributed by atoms with Crippen LogP contribution >= 0.6 is 0 Å². The van der Waals surface area contributed by atoms with Crippen molar-refractivity contribution >= 4 is 11.7 Å². The molecule has 0 aliphatic rings. The summed E-state index contributed by atoms with van der Waals surface area (Å²) in [5, 5.41) is 4.84. The van der Waals surface area contributed by atoms with Crippen LogP contribution in [0.1, 0.15) is 5.56 Å². The van der Waals surface area contributed by atoms with E-state index < -0.39 is 17.7 Å². The summed E-state index contributed by atoms with van der Waals surface area (Å²) in [5.74, 6) is -1.89. The fraction of sp³-hybridized carbons (Fsp3) is 0.133. The largest absolute Gasteiger partial charge is 0.338 e. The van der Waals surface area contributed by atoms with E-state index in [1.807, 2.05) is 0 Å². The molecule has 2 amide bonds. The lowest BCUT2D eigenvalue weighted by Crippen LogP contribution is -2.30. The molecule has 3 nitrogen and oxygen atoms in total. The Bertz CT molecular complexity index is 626. The van der Waals surface area contributed by atoms with Crippen molar-refractivity contribution in [3.8, 4) is 0 Å². The lowest BCUT2D eigenvalue weighted by atomic mass is 10.1. The highest BCUT2D eigenvalue weighted by Gasteiger charge is 2.05. The van der Waals surface area contributed by atoms with Gasteiger partial charge in [0.15, 0.2) is 0 Å². The molecule has 0 spiro atoms. The number of amides is 2. The Hall–Kier alpha value is -2.50. The predicted octanol–water partition coefficient (Wildman–Crippen LogP) is 3.47. The zero-order chi connectivity index (χ0) is 15.2. The normalized spacial score (nSPS) is 10.2. The molecule has 0 heterocycles. The number of anilines is 1. The minimum atomic E-state index is -0.773. The number of rotatable bonds is 4. The number of hydrogen-bond donors (Lipinski definition) is 2. The maximum Gasteiger partial charge on any atom is 0.319 e. The van der Waals surface area contributed by atoms with Gasteiger partial charge in [-0.1, -0.05) is 12.1 Å². The van der Waals surface area contributed by atoms with Crippen molar-refractivity contribution in [1.82, 2.24) is 5.32 Å². The number of halogens is 3. The van der Waals surface area contributed by atoms with Gasteiger partial charge in [0.25, 0.3) is 0 Å². The molecule has 0 saturated heterocycles. The van der Waals surface area contributed by atoms with Gasteiger partial charge in [0.2, 0.25) is 0 Å². The van der Waals surface area contributed by atoms with E-state index in [-0.39, 0.29) is 18.0 Å². The highest BCUT2D eigenvalue weighted by molar-refractivity contribution is 5.89. The van der Waals surface area contributed by atoms with Crippen LogP contribution in [0.3, 0.4) is 0 Å². The summed E-state index contributed by atoms with van der Waals surface area (Å²) in [5.41, 5.74) is 0.767. The Kier molecular flexibility index (Phi) is 4.81. The molecule has 0 unspecified atom stereocenters. The third-order valence-electron chi connectivity index (χ3n) is 2.71. The van der Waals surface area contributed by atoms with Crippen LogP contribution in [0.4, 0.5) is 23.7 Å². The maximum atomic E-state index is 12.9.